The van der Waals surface area contributed by atoms with Crippen LogP contribution in [0.2, 0.25) is 0 Å². The van der Waals surface area contributed by atoms with Gasteiger partial charge < -0.3 is 15.5 Å². The highest BCUT2D eigenvalue weighted by Crippen LogP contribution is 2.29. The normalized spacial score (nSPS) is 15.9. The van der Waals surface area contributed by atoms with Gasteiger partial charge >= 0.3 is 6.18 Å². The molecule has 0 radical (unpaired) electrons. The number of fused-ring (bicyclic) bond motifs is 1. The van der Waals surface area contributed by atoms with Gasteiger partial charge in [0.15, 0.2) is 0 Å². The molecule has 208 valence electrons. The van der Waals surface area contributed by atoms with E-state index in [1.54, 1.807) is 6.07 Å². The molecule has 0 unspecified atom stereocenters. The number of amides is 1. The summed E-state index contributed by atoms with van der Waals surface area (Å²) in [7, 11) is -3.86. The van der Waals surface area contributed by atoms with Gasteiger partial charge in [-0.3, -0.25) is 9.78 Å². The molecule has 2 aliphatic rings. The third kappa shape index (κ3) is 6.13. The smallest absolute Gasteiger partial charge is 0.338 e. The van der Waals surface area contributed by atoms with Gasteiger partial charge in [-0.2, -0.15) is 17.5 Å². The number of carbonyl (C=O) groups excluding carboxylic acids is 1. The standard InChI is InChI=1S/C24H24F3N7O3S.ClH/c1-15-10-21(24(25,26)27)32-23(30-15)33-6-8-34(9-7-33)38(36,37)19-4-2-18(3-5-19)31-22(35)17-11-16-12-28-14-20(16)29-13-17;/h2-5,10-11,13,28H,6-9,12,14H2,1H3,(H,31,35);1H. The lowest BCUT2D eigenvalue weighted by molar-refractivity contribution is -0.141. The lowest BCUT2D eigenvalue weighted by Gasteiger charge is -2.34. The molecule has 0 spiro atoms. The van der Waals surface area contributed by atoms with Crippen molar-refractivity contribution < 1.29 is 26.4 Å². The first-order valence-electron chi connectivity index (χ1n) is 11.8. The van der Waals surface area contributed by atoms with Gasteiger partial charge in [0.05, 0.1) is 16.2 Å². The molecule has 2 aromatic heterocycles. The second-order valence-electron chi connectivity index (χ2n) is 9.00. The lowest BCUT2D eigenvalue weighted by atomic mass is 10.1. The number of hydrogen-bond acceptors (Lipinski definition) is 8. The van der Waals surface area contributed by atoms with Crippen LogP contribution >= 0.6 is 12.4 Å². The van der Waals surface area contributed by atoms with Crippen LogP contribution in [0, 0.1) is 6.92 Å². The van der Waals surface area contributed by atoms with Crippen LogP contribution < -0.4 is 15.5 Å². The molecule has 2 N–H and O–H groups in total. The quantitative estimate of drug-likeness (QED) is 0.470. The topological polar surface area (TPSA) is 120 Å². The van der Waals surface area contributed by atoms with Crippen LogP contribution in [0.3, 0.4) is 0 Å². The van der Waals surface area contributed by atoms with Crippen LogP contribution in [0.4, 0.5) is 24.8 Å². The minimum absolute atomic E-state index is 0. The number of alkyl halides is 3. The van der Waals surface area contributed by atoms with Gasteiger partial charge in [-0.1, -0.05) is 0 Å². The maximum absolute atomic E-state index is 13.2. The van der Waals surface area contributed by atoms with Crippen molar-refractivity contribution in [3.63, 3.8) is 0 Å². The Balaban J connectivity index is 0.00000353. The molecule has 2 aliphatic heterocycles. The SMILES string of the molecule is Cc1cc(C(F)(F)F)nc(N2CCN(S(=O)(=O)c3ccc(NC(=O)c4cnc5c(c4)CNC5)cc3)CC2)n1.Cl. The Morgan fingerprint density at radius 3 is 2.38 bits per heavy atom. The summed E-state index contributed by atoms with van der Waals surface area (Å²) in [5.74, 6) is -0.435. The number of nitrogens with one attached hydrogen (secondary N) is 2. The first kappa shape index (κ1) is 28.7. The Morgan fingerprint density at radius 1 is 1.03 bits per heavy atom. The van der Waals surface area contributed by atoms with Crippen molar-refractivity contribution in [2.24, 2.45) is 0 Å². The zero-order valence-electron chi connectivity index (χ0n) is 20.7. The third-order valence-electron chi connectivity index (χ3n) is 6.33. The minimum Gasteiger partial charge on any atom is -0.338 e. The van der Waals surface area contributed by atoms with Crippen LogP contribution in [0.15, 0.2) is 47.5 Å². The largest absolute Gasteiger partial charge is 0.433 e. The molecule has 5 rings (SSSR count). The van der Waals surface area contributed by atoms with E-state index in [1.165, 1.54) is 46.6 Å². The number of pyridine rings is 1. The van der Waals surface area contributed by atoms with Crippen LogP contribution in [-0.2, 0) is 29.3 Å². The highest BCUT2D eigenvalue weighted by atomic mass is 35.5. The number of nitrogens with zero attached hydrogens (tertiary/aromatic N) is 5. The molecule has 0 atom stereocenters. The summed E-state index contributed by atoms with van der Waals surface area (Å²) in [5.41, 5.74) is 1.85. The van der Waals surface area contributed by atoms with Crippen molar-refractivity contribution in [1.29, 1.82) is 0 Å². The third-order valence-corrected chi connectivity index (χ3v) is 8.25. The predicted octanol–water partition coefficient (Wildman–Crippen LogP) is 2.99. The number of carbonyl (C=O) groups is 1. The monoisotopic (exact) mass is 583 g/mol. The predicted molar refractivity (Wildman–Crippen MR) is 139 cm³/mol. The number of halogens is 4. The van der Waals surface area contributed by atoms with E-state index in [4.69, 9.17) is 0 Å². The number of hydrogen-bond donors (Lipinski definition) is 2. The van der Waals surface area contributed by atoms with Crippen molar-refractivity contribution in [1.82, 2.24) is 24.6 Å². The summed E-state index contributed by atoms with van der Waals surface area (Å²) >= 11 is 0. The molecule has 10 nitrogen and oxygen atoms in total. The number of benzene rings is 1. The molecule has 1 amide bonds. The van der Waals surface area contributed by atoms with Crippen molar-refractivity contribution in [2.45, 2.75) is 31.1 Å². The number of piperazine rings is 1. The Kier molecular flexibility index (Phi) is 8.12. The average Bonchev–Trinajstić information content (AvgIpc) is 3.36. The summed E-state index contributed by atoms with van der Waals surface area (Å²) in [4.78, 5) is 26.2. The zero-order valence-corrected chi connectivity index (χ0v) is 22.3. The Labute approximate surface area is 229 Å². The van der Waals surface area contributed by atoms with Crippen molar-refractivity contribution in [2.75, 3.05) is 36.4 Å². The molecule has 1 fully saturated rings. The van der Waals surface area contributed by atoms with E-state index in [-0.39, 0.29) is 61.0 Å². The van der Waals surface area contributed by atoms with Crippen LogP contribution in [0.5, 0.6) is 0 Å². The highest BCUT2D eigenvalue weighted by molar-refractivity contribution is 7.89. The van der Waals surface area contributed by atoms with E-state index in [0.717, 1.165) is 17.3 Å². The van der Waals surface area contributed by atoms with Gasteiger partial charge in [0.25, 0.3) is 5.91 Å². The molecular formula is C24H25ClF3N7O3S. The summed E-state index contributed by atoms with van der Waals surface area (Å²) < 4.78 is 67.0. The second-order valence-corrected chi connectivity index (χ2v) is 10.9. The minimum atomic E-state index is -4.60. The average molecular weight is 584 g/mol. The van der Waals surface area contributed by atoms with Gasteiger partial charge in [0.2, 0.25) is 16.0 Å². The molecule has 1 saturated heterocycles. The molecule has 1 aromatic carbocycles. The van der Waals surface area contributed by atoms with Gasteiger partial charge in [0.1, 0.15) is 5.69 Å². The van der Waals surface area contributed by atoms with Gasteiger partial charge in [-0.25, -0.2) is 18.4 Å². The number of rotatable bonds is 5. The fourth-order valence-corrected chi connectivity index (χ4v) is 5.74. The first-order valence-corrected chi connectivity index (χ1v) is 13.2. The first-order chi connectivity index (χ1) is 18.0. The molecule has 15 heteroatoms. The summed E-state index contributed by atoms with van der Waals surface area (Å²) in [5, 5.41) is 5.91. The van der Waals surface area contributed by atoms with Crippen molar-refractivity contribution in [3.05, 3.63) is 70.8 Å². The molecule has 3 aromatic rings. The molecular weight excluding hydrogens is 559 g/mol. The number of aromatic nitrogens is 3. The Bertz CT molecular complexity index is 1480. The van der Waals surface area contributed by atoms with Gasteiger partial charge in [-0.15, -0.1) is 12.4 Å². The summed E-state index contributed by atoms with van der Waals surface area (Å²) in [6.45, 7) is 3.15. The Hall–Kier alpha value is -3.33. The van der Waals surface area contributed by atoms with Gasteiger partial charge in [0, 0.05) is 56.8 Å². The summed E-state index contributed by atoms with van der Waals surface area (Å²) in [6, 6.07) is 8.46. The zero-order chi connectivity index (χ0) is 27.1. The van der Waals surface area contributed by atoms with E-state index in [9.17, 15) is 26.4 Å². The fourth-order valence-electron chi connectivity index (χ4n) is 4.32. The Morgan fingerprint density at radius 2 is 1.72 bits per heavy atom. The van der Waals surface area contributed by atoms with E-state index < -0.39 is 21.9 Å². The lowest BCUT2D eigenvalue weighted by Crippen LogP contribution is -2.49. The fraction of sp³-hybridized carbons (Fsp3) is 0.333. The van der Waals surface area contributed by atoms with E-state index in [2.05, 4.69) is 25.6 Å². The van der Waals surface area contributed by atoms with E-state index in [1.807, 2.05) is 0 Å². The molecule has 39 heavy (non-hydrogen) atoms. The van der Waals surface area contributed by atoms with Crippen molar-refractivity contribution in [3.8, 4) is 0 Å². The molecule has 0 bridgehead atoms. The molecule has 0 saturated carbocycles. The van der Waals surface area contributed by atoms with Crippen LogP contribution in [-0.4, -0.2) is 59.8 Å². The number of aryl methyl sites for hydroxylation is 1. The van der Waals surface area contributed by atoms with Crippen LogP contribution in [0.1, 0.15) is 33.0 Å². The van der Waals surface area contributed by atoms with Crippen molar-refractivity contribution >= 4 is 40.0 Å². The van der Waals surface area contributed by atoms with E-state index >= 15 is 0 Å². The number of anilines is 2. The molecule has 4 heterocycles. The number of sulfonamides is 1. The summed E-state index contributed by atoms with van der Waals surface area (Å²) in [6.07, 6.45) is -3.10. The van der Waals surface area contributed by atoms with E-state index in [0.29, 0.717) is 24.3 Å². The maximum atomic E-state index is 13.2. The second kappa shape index (κ2) is 11.0. The highest BCUT2D eigenvalue weighted by Gasteiger charge is 2.35. The van der Waals surface area contributed by atoms with Gasteiger partial charge in [-0.05, 0) is 48.9 Å². The maximum Gasteiger partial charge on any atom is 0.433 e. The molecule has 0 aliphatic carbocycles. The van der Waals surface area contributed by atoms with Crippen LogP contribution in [0.25, 0.3) is 0 Å².